The van der Waals surface area contributed by atoms with Gasteiger partial charge in [0.1, 0.15) is 5.03 Å². The molecule has 0 unspecified atom stereocenters. The number of hydrogen-bond acceptors (Lipinski definition) is 4. The SMILES string of the molecule is NC(=Cc1ccccc1N)S(=O)(=O)Cc1ccccc1. The second-order valence-corrected chi connectivity index (χ2v) is 6.41. The van der Waals surface area contributed by atoms with E-state index in [1.807, 2.05) is 6.07 Å². The third kappa shape index (κ3) is 3.39. The number of rotatable bonds is 4. The molecule has 0 amide bonds. The predicted molar refractivity (Wildman–Crippen MR) is 82.1 cm³/mol. The van der Waals surface area contributed by atoms with Crippen LogP contribution >= 0.6 is 0 Å². The van der Waals surface area contributed by atoms with Gasteiger partial charge in [0.25, 0.3) is 0 Å². The average Bonchev–Trinajstić information content (AvgIpc) is 2.42. The number of para-hydroxylation sites is 1. The minimum absolute atomic E-state index is 0.122. The molecule has 0 bridgehead atoms. The van der Waals surface area contributed by atoms with E-state index in [-0.39, 0.29) is 10.8 Å². The Kier molecular flexibility index (Phi) is 4.10. The molecule has 2 rings (SSSR count). The molecule has 0 spiro atoms. The molecule has 0 heterocycles. The Balaban J connectivity index is 2.28. The summed E-state index contributed by atoms with van der Waals surface area (Å²) in [7, 11) is -3.54. The molecule has 0 radical (unpaired) electrons. The largest absolute Gasteiger partial charge is 0.398 e. The third-order valence-electron chi connectivity index (χ3n) is 2.85. The van der Waals surface area contributed by atoms with E-state index in [4.69, 9.17) is 11.5 Å². The van der Waals surface area contributed by atoms with Crippen molar-refractivity contribution in [2.75, 3.05) is 5.73 Å². The summed E-state index contributed by atoms with van der Waals surface area (Å²) >= 11 is 0. The lowest BCUT2D eigenvalue weighted by Gasteiger charge is -2.06. The lowest BCUT2D eigenvalue weighted by Crippen LogP contribution is -2.14. The second kappa shape index (κ2) is 5.79. The average molecular weight is 288 g/mol. The summed E-state index contributed by atoms with van der Waals surface area (Å²) in [5, 5.41) is -0.181. The van der Waals surface area contributed by atoms with Crippen molar-refractivity contribution in [1.29, 1.82) is 0 Å². The monoisotopic (exact) mass is 288 g/mol. The summed E-state index contributed by atoms with van der Waals surface area (Å²) in [6, 6.07) is 15.9. The van der Waals surface area contributed by atoms with Crippen molar-refractivity contribution in [1.82, 2.24) is 0 Å². The number of sulfone groups is 1. The summed E-state index contributed by atoms with van der Waals surface area (Å²) in [6.45, 7) is 0. The number of hydrogen-bond donors (Lipinski definition) is 2. The standard InChI is InChI=1S/C15H16N2O2S/c16-14-9-5-4-8-13(14)10-15(17)20(18,19)11-12-6-2-1-3-7-12/h1-10H,11,16-17H2. The van der Waals surface area contributed by atoms with Gasteiger partial charge in [0.2, 0.25) is 0 Å². The molecule has 0 fully saturated rings. The molecule has 104 valence electrons. The molecule has 2 aromatic rings. The number of anilines is 1. The van der Waals surface area contributed by atoms with Gasteiger partial charge in [-0.1, -0.05) is 48.5 Å². The molecular weight excluding hydrogens is 272 g/mol. The molecule has 5 heteroatoms. The van der Waals surface area contributed by atoms with Crippen molar-refractivity contribution in [2.24, 2.45) is 5.73 Å². The Bertz CT molecular complexity index is 723. The molecule has 0 aromatic heterocycles. The molecule has 0 atom stereocenters. The summed E-state index contributed by atoms with van der Waals surface area (Å²) in [5.74, 6) is -0.122. The molecular formula is C15H16N2O2S. The smallest absolute Gasteiger partial charge is 0.197 e. The van der Waals surface area contributed by atoms with Gasteiger partial charge in [0, 0.05) is 11.3 Å². The highest BCUT2D eigenvalue weighted by molar-refractivity contribution is 7.94. The van der Waals surface area contributed by atoms with E-state index in [0.717, 1.165) is 0 Å². The zero-order valence-corrected chi connectivity index (χ0v) is 11.7. The van der Waals surface area contributed by atoms with Gasteiger partial charge in [-0.15, -0.1) is 0 Å². The van der Waals surface area contributed by atoms with E-state index in [1.54, 1.807) is 48.5 Å². The highest BCUT2D eigenvalue weighted by Crippen LogP contribution is 2.17. The van der Waals surface area contributed by atoms with Gasteiger partial charge in [0.05, 0.1) is 5.75 Å². The third-order valence-corrected chi connectivity index (χ3v) is 4.40. The van der Waals surface area contributed by atoms with E-state index < -0.39 is 9.84 Å². The van der Waals surface area contributed by atoms with Crippen LogP contribution in [0.4, 0.5) is 5.69 Å². The fourth-order valence-corrected chi connectivity index (χ4v) is 2.87. The predicted octanol–water partition coefficient (Wildman–Crippen LogP) is 2.14. The van der Waals surface area contributed by atoms with Crippen LogP contribution in [0.25, 0.3) is 6.08 Å². The number of nitrogens with two attached hydrogens (primary N) is 2. The van der Waals surface area contributed by atoms with Crippen molar-refractivity contribution in [3.63, 3.8) is 0 Å². The summed E-state index contributed by atoms with van der Waals surface area (Å²) in [5.41, 5.74) is 13.3. The van der Waals surface area contributed by atoms with Crippen molar-refractivity contribution >= 4 is 21.6 Å². The maximum Gasteiger partial charge on any atom is 0.197 e. The van der Waals surface area contributed by atoms with E-state index >= 15 is 0 Å². The highest BCUT2D eigenvalue weighted by Gasteiger charge is 2.15. The molecule has 0 aliphatic rings. The van der Waals surface area contributed by atoms with Crippen LogP contribution in [0, 0.1) is 0 Å². The van der Waals surface area contributed by atoms with Crippen LogP contribution in [0.5, 0.6) is 0 Å². The summed E-state index contributed by atoms with van der Waals surface area (Å²) in [4.78, 5) is 0. The quantitative estimate of drug-likeness (QED) is 0.844. The van der Waals surface area contributed by atoms with Crippen molar-refractivity contribution in [3.8, 4) is 0 Å². The minimum Gasteiger partial charge on any atom is -0.398 e. The van der Waals surface area contributed by atoms with E-state index in [0.29, 0.717) is 16.8 Å². The van der Waals surface area contributed by atoms with Crippen LogP contribution in [0.3, 0.4) is 0 Å². The normalized spacial score (nSPS) is 12.3. The highest BCUT2D eigenvalue weighted by atomic mass is 32.2. The fraction of sp³-hybridized carbons (Fsp3) is 0.0667. The van der Waals surface area contributed by atoms with Gasteiger partial charge in [-0.3, -0.25) is 0 Å². The van der Waals surface area contributed by atoms with Crippen LogP contribution < -0.4 is 11.5 Å². The van der Waals surface area contributed by atoms with Crippen LogP contribution in [0.2, 0.25) is 0 Å². The van der Waals surface area contributed by atoms with Gasteiger partial charge >= 0.3 is 0 Å². The maximum absolute atomic E-state index is 12.2. The first kappa shape index (κ1) is 14.1. The molecule has 0 aliphatic carbocycles. The Morgan fingerprint density at radius 1 is 1.00 bits per heavy atom. The fourth-order valence-electron chi connectivity index (χ4n) is 1.76. The Morgan fingerprint density at radius 3 is 2.25 bits per heavy atom. The van der Waals surface area contributed by atoms with E-state index in [1.165, 1.54) is 6.08 Å². The summed E-state index contributed by atoms with van der Waals surface area (Å²) < 4.78 is 24.4. The Morgan fingerprint density at radius 2 is 1.60 bits per heavy atom. The first-order valence-electron chi connectivity index (χ1n) is 6.07. The second-order valence-electron chi connectivity index (χ2n) is 4.42. The van der Waals surface area contributed by atoms with Gasteiger partial charge in [-0.2, -0.15) is 0 Å². The van der Waals surface area contributed by atoms with Gasteiger partial charge < -0.3 is 11.5 Å². The van der Waals surface area contributed by atoms with Crippen molar-refractivity contribution < 1.29 is 8.42 Å². The van der Waals surface area contributed by atoms with Crippen LogP contribution in [-0.4, -0.2) is 8.42 Å². The molecule has 0 aliphatic heterocycles. The number of benzene rings is 2. The van der Waals surface area contributed by atoms with Crippen LogP contribution in [0.1, 0.15) is 11.1 Å². The van der Waals surface area contributed by atoms with Crippen LogP contribution in [0.15, 0.2) is 59.6 Å². The molecule has 0 saturated heterocycles. The van der Waals surface area contributed by atoms with E-state index in [9.17, 15) is 8.42 Å². The Hall–Kier alpha value is -2.27. The lowest BCUT2D eigenvalue weighted by atomic mass is 10.2. The Labute approximate surface area is 118 Å². The van der Waals surface area contributed by atoms with Gasteiger partial charge in [-0.05, 0) is 17.7 Å². The molecule has 0 saturated carbocycles. The lowest BCUT2D eigenvalue weighted by molar-refractivity contribution is 0.601. The van der Waals surface area contributed by atoms with Crippen molar-refractivity contribution in [2.45, 2.75) is 5.75 Å². The summed E-state index contributed by atoms with van der Waals surface area (Å²) in [6.07, 6.45) is 1.40. The first-order chi connectivity index (χ1) is 9.49. The van der Waals surface area contributed by atoms with Gasteiger partial charge in [-0.25, -0.2) is 8.42 Å². The zero-order valence-electron chi connectivity index (χ0n) is 10.9. The molecule has 4 nitrogen and oxygen atoms in total. The van der Waals surface area contributed by atoms with Crippen molar-refractivity contribution in [3.05, 3.63) is 70.8 Å². The molecule has 4 N–H and O–H groups in total. The van der Waals surface area contributed by atoms with E-state index in [2.05, 4.69) is 0 Å². The van der Waals surface area contributed by atoms with Gasteiger partial charge in [0.15, 0.2) is 9.84 Å². The molecule has 20 heavy (non-hydrogen) atoms. The molecule has 2 aromatic carbocycles. The zero-order chi connectivity index (χ0) is 14.6. The van der Waals surface area contributed by atoms with Crippen LogP contribution in [-0.2, 0) is 15.6 Å². The topological polar surface area (TPSA) is 86.2 Å². The number of nitrogen functional groups attached to an aromatic ring is 1. The minimum atomic E-state index is -3.54. The first-order valence-corrected chi connectivity index (χ1v) is 7.72. The maximum atomic E-state index is 12.2.